The molecule has 7 nitrogen and oxygen atoms in total. The number of nitriles is 1. The molecular formula is C18H18N6O. The molecule has 0 unspecified atom stereocenters. The van der Waals surface area contributed by atoms with Gasteiger partial charge in [0.1, 0.15) is 6.07 Å². The third-order valence-electron chi connectivity index (χ3n) is 3.53. The van der Waals surface area contributed by atoms with Gasteiger partial charge in [0.05, 0.1) is 5.57 Å². The number of aliphatic imine (C=N–C) groups is 3. The highest BCUT2D eigenvalue weighted by molar-refractivity contribution is 6.10. The van der Waals surface area contributed by atoms with Crippen LogP contribution in [0.5, 0.6) is 0 Å². The molecule has 3 N–H and O–H groups in total. The quantitative estimate of drug-likeness (QED) is 0.635. The summed E-state index contributed by atoms with van der Waals surface area (Å²) >= 11 is 0. The van der Waals surface area contributed by atoms with Crippen molar-refractivity contribution in [2.24, 2.45) is 20.7 Å². The molecule has 25 heavy (non-hydrogen) atoms. The van der Waals surface area contributed by atoms with Gasteiger partial charge < -0.3 is 11.1 Å². The van der Waals surface area contributed by atoms with Gasteiger partial charge in [-0.25, -0.2) is 9.98 Å². The number of allylic oxidation sites excluding steroid dienone is 1. The van der Waals surface area contributed by atoms with Crippen LogP contribution in [-0.4, -0.2) is 31.1 Å². The molecule has 1 aliphatic rings. The van der Waals surface area contributed by atoms with Crippen molar-refractivity contribution in [1.29, 1.82) is 5.26 Å². The normalized spacial score (nSPS) is 15.3. The predicted molar refractivity (Wildman–Crippen MR) is 99.6 cm³/mol. The smallest absolute Gasteiger partial charge is 0.278 e. The minimum Gasteiger partial charge on any atom is -0.382 e. The molecule has 0 radical (unpaired) electrons. The van der Waals surface area contributed by atoms with E-state index in [9.17, 15) is 10.1 Å². The van der Waals surface area contributed by atoms with Gasteiger partial charge in [-0.05, 0) is 37.8 Å². The summed E-state index contributed by atoms with van der Waals surface area (Å²) in [5, 5.41) is 11.9. The predicted octanol–water partition coefficient (Wildman–Crippen LogP) is 2.21. The Hall–Kier alpha value is -3.53. The second-order valence-corrected chi connectivity index (χ2v) is 5.20. The number of carbonyl (C=O) groups is 1. The lowest BCUT2D eigenvalue weighted by atomic mass is 10.00. The molecule has 0 fully saturated rings. The zero-order chi connectivity index (χ0) is 18.2. The van der Waals surface area contributed by atoms with Gasteiger partial charge in [-0.3, -0.25) is 9.79 Å². The molecule has 0 spiro atoms. The zero-order valence-electron chi connectivity index (χ0n) is 13.9. The van der Waals surface area contributed by atoms with Gasteiger partial charge in [0.2, 0.25) is 0 Å². The van der Waals surface area contributed by atoms with Crippen molar-refractivity contribution in [3.8, 4) is 6.07 Å². The third kappa shape index (κ3) is 4.48. The van der Waals surface area contributed by atoms with Crippen molar-refractivity contribution in [1.82, 2.24) is 0 Å². The van der Waals surface area contributed by atoms with Crippen LogP contribution in [0.25, 0.3) is 0 Å². The van der Waals surface area contributed by atoms with E-state index in [0.717, 1.165) is 5.57 Å². The fourth-order valence-corrected chi connectivity index (χ4v) is 2.26. The van der Waals surface area contributed by atoms with Crippen LogP contribution in [0.3, 0.4) is 0 Å². The molecule has 1 aromatic carbocycles. The molecule has 0 aromatic heterocycles. The van der Waals surface area contributed by atoms with Gasteiger partial charge in [-0.1, -0.05) is 18.2 Å². The van der Waals surface area contributed by atoms with E-state index in [2.05, 4.69) is 33.1 Å². The second kappa shape index (κ2) is 8.36. The minimum absolute atomic E-state index is 0.0522. The van der Waals surface area contributed by atoms with Crippen LogP contribution in [0, 0.1) is 11.3 Å². The lowest BCUT2D eigenvalue weighted by Gasteiger charge is -2.12. The highest BCUT2D eigenvalue weighted by atomic mass is 16.2. The molecular weight excluding hydrogens is 316 g/mol. The number of carbonyl (C=O) groups excluding carboxylic acids is 1. The Kier molecular flexibility index (Phi) is 5.96. The zero-order valence-corrected chi connectivity index (χ0v) is 13.9. The summed E-state index contributed by atoms with van der Waals surface area (Å²) in [6.07, 6.45) is 2.09. The standard InChI is InChI=1S/C18H18N6O/c1-12(15-8-9-22-11-13(15)10-19)23-16(17(20)21-2)18(25)24-14-6-4-3-5-7-14/h3-7,11H,2,8-9,20H2,1H3,(H,24,25)/b17-16-,23-12+. The van der Waals surface area contributed by atoms with Crippen LogP contribution in [0.1, 0.15) is 13.3 Å². The lowest BCUT2D eigenvalue weighted by molar-refractivity contribution is -0.112. The van der Waals surface area contributed by atoms with Crippen LogP contribution in [-0.2, 0) is 4.79 Å². The van der Waals surface area contributed by atoms with Crippen LogP contribution in [0.2, 0.25) is 0 Å². The van der Waals surface area contributed by atoms with E-state index in [1.165, 1.54) is 6.21 Å². The fraction of sp³-hybridized carbons (Fsp3) is 0.167. The summed E-state index contributed by atoms with van der Waals surface area (Å²) in [6, 6.07) is 11.0. The summed E-state index contributed by atoms with van der Waals surface area (Å²) in [5.74, 6) is -0.588. The van der Waals surface area contributed by atoms with Crippen molar-refractivity contribution in [2.45, 2.75) is 13.3 Å². The van der Waals surface area contributed by atoms with E-state index < -0.39 is 5.91 Å². The number of dihydropyridines is 1. The van der Waals surface area contributed by atoms with Crippen molar-refractivity contribution in [3.05, 3.63) is 53.0 Å². The Morgan fingerprint density at radius 3 is 2.76 bits per heavy atom. The Morgan fingerprint density at radius 1 is 1.40 bits per heavy atom. The average Bonchev–Trinajstić information content (AvgIpc) is 2.65. The number of nitrogens with two attached hydrogens (primary N) is 1. The van der Waals surface area contributed by atoms with Gasteiger partial charge in [-0.2, -0.15) is 5.26 Å². The molecule has 1 aliphatic heterocycles. The third-order valence-corrected chi connectivity index (χ3v) is 3.53. The number of hydrogen-bond donors (Lipinski definition) is 2. The Morgan fingerprint density at radius 2 is 2.12 bits per heavy atom. The maximum atomic E-state index is 12.5. The van der Waals surface area contributed by atoms with Crippen LogP contribution < -0.4 is 11.1 Å². The first-order valence-electron chi connectivity index (χ1n) is 7.58. The molecule has 0 saturated heterocycles. The molecule has 1 amide bonds. The molecule has 1 aromatic rings. The second-order valence-electron chi connectivity index (χ2n) is 5.20. The van der Waals surface area contributed by atoms with Gasteiger partial charge in [0.25, 0.3) is 5.91 Å². The largest absolute Gasteiger partial charge is 0.382 e. The Bertz CT molecular complexity index is 840. The van der Waals surface area contributed by atoms with Crippen molar-refractivity contribution in [2.75, 3.05) is 11.9 Å². The maximum absolute atomic E-state index is 12.5. The molecule has 7 heteroatoms. The summed E-state index contributed by atoms with van der Waals surface area (Å²) < 4.78 is 0. The van der Waals surface area contributed by atoms with E-state index >= 15 is 0 Å². The molecule has 0 bridgehead atoms. The molecule has 1 heterocycles. The number of rotatable bonds is 5. The fourth-order valence-electron chi connectivity index (χ4n) is 2.26. The number of nitrogens with zero attached hydrogens (tertiary/aromatic N) is 4. The topological polar surface area (TPSA) is 116 Å². The van der Waals surface area contributed by atoms with Crippen LogP contribution >= 0.6 is 0 Å². The molecule has 126 valence electrons. The minimum atomic E-state index is -0.501. The van der Waals surface area contributed by atoms with E-state index in [-0.39, 0.29) is 11.5 Å². The Labute approximate surface area is 146 Å². The van der Waals surface area contributed by atoms with E-state index in [1.54, 1.807) is 31.2 Å². The maximum Gasteiger partial charge on any atom is 0.278 e. The summed E-state index contributed by atoms with van der Waals surface area (Å²) in [5.41, 5.74) is 8.03. The summed E-state index contributed by atoms with van der Waals surface area (Å²) in [4.78, 5) is 24.6. The first kappa shape index (κ1) is 17.8. The van der Waals surface area contributed by atoms with Crippen molar-refractivity contribution < 1.29 is 4.79 Å². The van der Waals surface area contributed by atoms with Crippen LogP contribution in [0.15, 0.2) is 68.0 Å². The first-order chi connectivity index (χ1) is 12.1. The summed E-state index contributed by atoms with van der Waals surface area (Å²) in [6.45, 7) is 5.64. The Balaban J connectivity index is 2.37. The summed E-state index contributed by atoms with van der Waals surface area (Å²) in [7, 11) is 0. The van der Waals surface area contributed by atoms with Gasteiger partial charge in [0.15, 0.2) is 11.5 Å². The molecule has 0 aliphatic carbocycles. The highest BCUT2D eigenvalue weighted by Crippen LogP contribution is 2.17. The average molecular weight is 334 g/mol. The van der Waals surface area contributed by atoms with E-state index in [0.29, 0.717) is 29.9 Å². The lowest BCUT2D eigenvalue weighted by Crippen LogP contribution is -2.19. The first-order valence-corrected chi connectivity index (χ1v) is 7.58. The van der Waals surface area contributed by atoms with Crippen molar-refractivity contribution in [3.63, 3.8) is 0 Å². The number of nitrogens with one attached hydrogen (secondary N) is 1. The number of hydrogen-bond acceptors (Lipinski definition) is 6. The molecule has 2 rings (SSSR count). The number of para-hydroxylation sites is 1. The van der Waals surface area contributed by atoms with Crippen molar-refractivity contribution >= 4 is 30.2 Å². The molecule has 0 saturated carbocycles. The highest BCUT2D eigenvalue weighted by Gasteiger charge is 2.17. The van der Waals surface area contributed by atoms with E-state index in [1.807, 2.05) is 6.07 Å². The van der Waals surface area contributed by atoms with E-state index in [4.69, 9.17) is 5.73 Å². The number of amides is 1. The molecule has 0 atom stereocenters. The number of anilines is 1. The van der Waals surface area contributed by atoms with Crippen LogP contribution in [0.4, 0.5) is 5.69 Å². The van der Waals surface area contributed by atoms with Gasteiger partial charge in [-0.15, -0.1) is 0 Å². The number of benzene rings is 1. The van der Waals surface area contributed by atoms with Gasteiger partial charge >= 0.3 is 0 Å². The monoisotopic (exact) mass is 334 g/mol. The van der Waals surface area contributed by atoms with Gasteiger partial charge in [0, 0.05) is 24.2 Å². The SMILES string of the molecule is C=N/C(N)=C(\N=C(/C)C1=C(C#N)C=NCC1)C(=O)Nc1ccccc1.